The van der Waals surface area contributed by atoms with Gasteiger partial charge in [0.05, 0.1) is 47.8 Å². The minimum Gasteiger partial charge on any atom is -0.495 e. The van der Waals surface area contributed by atoms with Crippen molar-refractivity contribution in [3.05, 3.63) is 68.6 Å². The molecule has 1 atom stereocenters. The highest BCUT2D eigenvalue weighted by molar-refractivity contribution is 6.33. The number of imide groups is 2. The Morgan fingerprint density at radius 1 is 0.925 bits per heavy atom. The number of methoxy groups -OCH3 is 1. The third kappa shape index (κ3) is 8.87. The van der Waals surface area contributed by atoms with Gasteiger partial charge in [-0.3, -0.25) is 43.9 Å². The highest BCUT2D eigenvalue weighted by Crippen LogP contribution is 2.42. The molecule has 20 heteroatoms. The van der Waals surface area contributed by atoms with Crippen LogP contribution in [0.2, 0.25) is 5.02 Å². The molecule has 0 radical (unpaired) electrons. The fourth-order valence-corrected chi connectivity index (χ4v) is 10.1. The molecule has 0 spiro atoms. The van der Waals surface area contributed by atoms with Gasteiger partial charge in [-0.1, -0.05) is 11.6 Å². The summed E-state index contributed by atoms with van der Waals surface area (Å²) in [6, 6.07) is 8.09. The molecular weight excluding hydrogens is 884 g/mol. The predicted octanol–water partition coefficient (Wildman–Crippen LogP) is 3.95. The van der Waals surface area contributed by atoms with Gasteiger partial charge in [-0.25, -0.2) is 4.98 Å². The highest BCUT2D eigenvalue weighted by Gasteiger charge is 2.47. The lowest BCUT2D eigenvalue weighted by Gasteiger charge is -2.48. The van der Waals surface area contributed by atoms with Crippen LogP contribution in [0.25, 0.3) is 10.9 Å². The largest absolute Gasteiger partial charge is 0.495 e. The van der Waals surface area contributed by atoms with Gasteiger partial charge >= 0.3 is 0 Å². The molecule has 4 fully saturated rings. The lowest BCUT2D eigenvalue weighted by molar-refractivity contribution is -0.136. The van der Waals surface area contributed by atoms with E-state index in [1.807, 2.05) is 39.0 Å². The number of nitrogens with zero attached hydrogens (tertiary/aromatic N) is 7. The van der Waals surface area contributed by atoms with Crippen LogP contribution in [-0.4, -0.2) is 138 Å². The van der Waals surface area contributed by atoms with Crippen LogP contribution >= 0.6 is 11.6 Å². The second-order valence-corrected chi connectivity index (χ2v) is 18.4. The minimum absolute atomic E-state index is 0.0582. The average Bonchev–Trinajstić information content (AvgIpc) is 3.55. The van der Waals surface area contributed by atoms with Gasteiger partial charge < -0.3 is 39.2 Å². The molecule has 67 heavy (non-hydrogen) atoms. The fourth-order valence-electron chi connectivity index (χ4n) is 10.0. The van der Waals surface area contributed by atoms with Crippen LogP contribution in [0.15, 0.2) is 41.3 Å². The molecule has 5 amide bonds. The SMILES string of the molecule is CNC(=O)COc1cc2cc(Nc3nc(N4CCC(OC5CC(N6CCN(c7c(OC)cc8c(c7C)C(=O)N([C@@H]7CCC(=O)NC7=O)C8=O)CC6)C5)CC4)ncc3Cl)ccc2n(C(C)C)c1=O. The Hall–Kier alpha value is -6.31. The van der Waals surface area contributed by atoms with E-state index in [9.17, 15) is 28.8 Å². The number of hydrogen-bond acceptors (Lipinski definition) is 15. The van der Waals surface area contributed by atoms with Crippen molar-refractivity contribution in [1.82, 2.24) is 35.0 Å². The average molecular weight is 939 g/mol. The van der Waals surface area contributed by atoms with Crippen LogP contribution in [0.1, 0.15) is 84.7 Å². The molecule has 9 rings (SSSR count). The highest BCUT2D eigenvalue weighted by atomic mass is 35.5. The first-order valence-electron chi connectivity index (χ1n) is 22.9. The van der Waals surface area contributed by atoms with Crippen molar-refractivity contribution < 1.29 is 38.2 Å². The molecule has 3 saturated heterocycles. The van der Waals surface area contributed by atoms with Gasteiger partial charge in [0.2, 0.25) is 17.8 Å². The molecule has 0 unspecified atom stereocenters. The van der Waals surface area contributed by atoms with Gasteiger partial charge in [-0.2, -0.15) is 4.98 Å². The Morgan fingerprint density at radius 2 is 1.67 bits per heavy atom. The molecule has 6 heterocycles. The zero-order valence-electron chi connectivity index (χ0n) is 38.2. The van der Waals surface area contributed by atoms with E-state index in [1.165, 1.54) is 7.05 Å². The summed E-state index contributed by atoms with van der Waals surface area (Å²) in [4.78, 5) is 94.0. The van der Waals surface area contributed by atoms with Gasteiger partial charge in [0.1, 0.15) is 16.8 Å². The number of carbonyl (C=O) groups excluding carboxylic acids is 5. The van der Waals surface area contributed by atoms with Crippen LogP contribution in [0.4, 0.5) is 23.1 Å². The Balaban J connectivity index is 0.766. The number of piperidine rings is 2. The number of likely N-dealkylation sites (N-methyl/N-ethyl adjacent to an activating group) is 1. The number of ether oxygens (including phenoxy) is 3. The molecule has 0 bridgehead atoms. The van der Waals surface area contributed by atoms with Gasteiger partial charge in [-0.05, 0) is 88.8 Å². The summed E-state index contributed by atoms with van der Waals surface area (Å²) < 4.78 is 19.7. The smallest absolute Gasteiger partial charge is 0.293 e. The number of fused-ring (bicyclic) bond motifs is 2. The summed E-state index contributed by atoms with van der Waals surface area (Å²) in [6.07, 6.45) is 5.65. The monoisotopic (exact) mass is 938 g/mol. The number of pyridine rings is 1. The molecule has 1 aliphatic carbocycles. The fraction of sp³-hybridized carbons (Fsp3) is 0.489. The van der Waals surface area contributed by atoms with Crippen molar-refractivity contribution in [2.45, 2.75) is 89.6 Å². The quantitative estimate of drug-likeness (QED) is 0.162. The van der Waals surface area contributed by atoms with E-state index >= 15 is 0 Å². The number of halogens is 1. The normalized spacial score (nSPS) is 21.4. The van der Waals surface area contributed by atoms with Crippen molar-refractivity contribution in [3.63, 3.8) is 0 Å². The van der Waals surface area contributed by atoms with Gasteiger partial charge in [0.15, 0.2) is 18.2 Å². The van der Waals surface area contributed by atoms with Crippen molar-refractivity contribution in [2.24, 2.45) is 0 Å². The zero-order valence-corrected chi connectivity index (χ0v) is 39.0. The first-order chi connectivity index (χ1) is 32.2. The minimum atomic E-state index is -1.03. The van der Waals surface area contributed by atoms with Crippen LogP contribution in [0.5, 0.6) is 11.5 Å². The Morgan fingerprint density at radius 3 is 2.36 bits per heavy atom. The first-order valence-corrected chi connectivity index (χ1v) is 23.3. The number of carbonyl (C=O) groups is 5. The molecular formula is C47H55ClN10O9. The number of rotatable bonds is 13. The van der Waals surface area contributed by atoms with E-state index in [0.29, 0.717) is 52.9 Å². The Kier molecular flexibility index (Phi) is 12.8. The number of nitrogens with one attached hydrogen (secondary N) is 3. The van der Waals surface area contributed by atoms with Crippen molar-refractivity contribution in [1.29, 1.82) is 0 Å². The van der Waals surface area contributed by atoms with Gasteiger partial charge in [-0.15, -0.1) is 0 Å². The maximum atomic E-state index is 13.7. The van der Waals surface area contributed by atoms with E-state index < -0.39 is 29.7 Å². The number of piperazine rings is 1. The first kappa shape index (κ1) is 45.8. The zero-order chi connectivity index (χ0) is 47.3. The molecule has 354 valence electrons. The third-order valence-corrected chi connectivity index (χ3v) is 13.9. The standard InChI is InChI=1S/C47H55ClN10O9/c1-25(2)57-34-7-6-28(18-27(34)19-37(45(57)63)66-24-39(60)49-4)51-42-33(48)23-50-47(53-42)56-12-10-30(11-13-56)67-31-20-29(21-31)54-14-16-55(17-15-54)41-26(3)40-32(22-36(41)65-5)44(62)58(46(40)64)35-8-9-38(59)52-43(35)61/h6-7,18-19,22-23,25,29-31,35H,8-17,20-21,24H2,1-5H3,(H,49,60)(H,50,51,53)(H,52,59,61)/t29?,31?,35-/m1/s1. The lowest BCUT2D eigenvalue weighted by Crippen LogP contribution is -2.56. The van der Waals surface area contributed by atoms with E-state index in [0.717, 1.165) is 73.4 Å². The molecule has 4 aliphatic heterocycles. The molecule has 2 aromatic carbocycles. The number of benzene rings is 2. The van der Waals surface area contributed by atoms with Crippen LogP contribution in [0.3, 0.4) is 0 Å². The maximum absolute atomic E-state index is 13.7. The number of amides is 5. The van der Waals surface area contributed by atoms with E-state index in [1.54, 1.807) is 30.0 Å². The lowest BCUT2D eigenvalue weighted by atomic mass is 9.87. The van der Waals surface area contributed by atoms with Crippen LogP contribution in [0, 0.1) is 6.92 Å². The third-order valence-electron chi connectivity index (χ3n) is 13.6. The number of aromatic nitrogens is 3. The number of anilines is 4. The summed E-state index contributed by atoms with van der Waals surface area (Å²) in [6.45, 7) is 9.90. The van der Waals surface area contributed by atoms with E-state index in [2.05, 4.69) is 35.6 Å². The van der Waals surface area contributed by atoms with E-state index in [-0.39, 0.29) is 66.0 Å². The van der Waals surface area contributed by atoms with Crippen LogP contribution < -0.4 is 40.8 Å². The molecule has 5 aliphatic rings. The topological polar surface area (TPSA) is 210 Å². The summed E-state index contributed by atoms with van der Waals surface area (Å²) in [5.41, 5.74) is 3.02. The molecule has 3 N–H and O–H groups in total. The summed E-state index contributed by atoms with van der Waals surface area (Å²) >= 11 is 6.61. The van der Waals surface area contributed by atoms with Gasteiger partial charge in [0.25, 0.3) is 23.3 Å². The van der Waals surface area contributed by atoms with Crippen molar-refractivity contribution >= 4 is 75.2 Å². The van der Waals surface area contributed by atoms with E-state index in [4.69, 9.17) is 30.8 Å². The maximum Gasteiger partial charge on any atom is 0.293 e. The predicted molar refractivity (Wildman–Crippen MR) is 250 cm³/mol. The molecule has 19 nitrogen and oxygen atoms in total. The molecule has 2 aromatic heterocycles. The molecule has 1 saturated carbocycles. The van der Waals surface area contributed by atoms with Crippen molar-refractivity contribution in [3.8, 4) is 11.5 Å². The summed E-state index contributed by atoms with van der Waals surface area (Å²) in [7, 11) is 3.06. The summed E-state index contributed by atoms with van der Waals surface area (Å²) in [5.74, 6) is -0.869. The Bertz CT molecular complexity index is 2710. The second-order valence-electron chi connectivity index (χ2n) is 18.0. The second kappa shape index (κ2) is 18.8. The number of hydrogen-bond donors (Lipinski definition) is 3. The summed E-state index contributed by atoms with van der Waals surface area (Å²) in [5, 5.41) is 9.18. The van der Waals surface area contributed by atoms with Crippen LogP contribution in [-0.2, 0) is 19.1 Å². The van der Waals surface area contributed by atoms with Gasteiger partial charge in [0, 0.05) is 75.9 Å². The molecule has 4 aromatic rings. The van der Waals surface area contributed by atoms with Crippen molar-refractivity contribution in [2.75, 3.05) is 75.1 Å². The Labute approximate surface area is 392 Å².